The van der Waals surface area contributed by atoms with Crippen LogP contribution < -0.4 is 0 Å². The van der Waals surface area contributed by atoms with E-state index < -0.39 is 4.92 Å². The minimum Gasteiger partial charge on any atom is -0.338 e. The fourth-order valence-electron chi connectivity index (χ4n) is 4.32. The number of non-ortho nitro benzene ring substituents is 1. The second kappa shape index (κ2) is 7.77. The van der Waals surface area contributed by atoms with Crippen LogP contribution in [-0.2, 0) is 4.79 Å². The van der Waals surface area contributed by atoms with Crippen LogP contribution in [0.4, 0.5) is 5.69 Å². The number of piperidine rings is 1. The molecule has 2 aliphatic rings. The van der Waals surface area contributed by atoms with E-state index in [1.54, 1.807) is 12.1 Å². The van der Waals surface area contributed by atoms with E-state index in [2.05, 4.69) is 11.8 Å². The summed E-state index contributed by atoms with van der Waals surface area (Å²) in [5, 5.41) is 10.6. The van der Waals surface area contributed by atoms with Crippen molar-refractivity contribution >= 4 is 23.4 Å². The molecular formula is C19H26N2O3S. The molecule has 2 fully saturated rings. The first-order chi connectivity index (χ1) is 12.0. The Bertz CT molecular complexity index is 634. The molecule has 1 aromatic carbocycles. The number of hydrogen-bond donors (Lipinski definition) is 0. The van der Waals surface area contributed by atoms with Gasteiger partial charge in [0.1, 0.15) is 0 Å². The Kier molecular flexibility index (Phi) is 5.67. The maximum absolute atomic E-state index is 13.0. The number of hydrogen-bond acceptors (Lipinski definition) is 4. The molecule has 6 heteroatoms. The van der Waals surface area contributed by atoms with E-state index in [9.17, 15) is 14.9 Å². The molecule has 4 unspecified atom stereocenters. The molecule has 1 heterocycles. The van der Waals surface area contributed by atoms with Gasteiger partial charge < -0.3 is 4.90 Å². The number of nitrogens with zero attached hydrogens (tertiary/aromatic N) is 2. The molecule has 25 heavy (non-hydrogen) atoms. The van der Waals surface area contributed by atoms with Crippen LogP contribution in [0.25, 0.3) is 0 Å². The monoisotopic (exact) mass is 362 g/mol. The van der Waals surface area contributed by atoms with E-state index in [1.807, 2.05) is 6.92 Å². The molecule has 3 rings (SSSR count). The second-order valence-electron chi connectivity index (χ2n) is 7.32. The average molecular weight is 362 g/mol. The highest BCUT2D eigenvalue weighted by Crippen LogP contribution is 2.40. The molecule has 1 saturated heterocycles. The summed E-state index contributed by atoms with van der Waals surface area (Å²) in [7, 11) is 0. The van der Waals surface area contributed by atoms with Crippen molar-refractivity contribution in [1.29, 1.82) is 0 Å². The molecule has 1 saturated carbocycles. The van der Waals surface area contributed by atoms with Gasteiger partial charge in [0.05, 0.1) is 10.2 Å². The smallest absolute Gasteiger partial charge is 0.269 e. The first-order valence-electron chi connectivity index (χ1n) is 9.19. The van der Waals surface area contributed by atoms with Gasteiger partial charge in [-0.05, 0) is 50.2 Å². The number of rotatable bonds is 4. The summed E-state index contributed by atoms with van der Waals surface area (Å²) < 4.78 is 0. The van der Waals surface area contributed by atoms with Crippen LogP contribution in [0, 0.1) is 22.0 Å². The molecular weight excluding hydrogens is 336 g/mol. The standard InChI is InChI=1S/C19H26N2O3S/c1-13-11-12-20(18-6-4-3-5-17(13)18)19(22)14(2)25-16-9-7-15(8-10-16)21(23)24/h7-10,13-14,17-18H,3-6,11-12H2,1-2H3. The van der Waals surface area contributed by atoms with Crippen molar-refractivity contribution in [3.05, 3.63) is 34.4 Å². The van der Waals surface area contributed by atoms with Crippen molar-refractivity contribution in [2.45, 2.75) is 62.1 Å². The molecule has 5 nitrogen and oxygen atoms in total. The predicted molar refractivity (Wildman–Crippen MR) is 99.7 cm³/mol. The molecule has 1 amide bonds. The number of likely N-dealkylation sites (tertiary alicyclic amines) is 1. The largest absolute Gasteiger partial charge is 0.338 e. The number of benzene rings is 1. The van der Waals surface area contributed by atoms with Crippen LogP contribution in [0.3, 0.4) is 0 Å². The zero-order chi connectivity index (χ0) is 18.0. The topological polar surface area (TPSA) is 63.5 Å². The fraction of sp³-hybridized carbons (Fsp3) is 0.632. The van der Waals surface area contributed by atoms with Crippen LogP contribution in [0.5, 0.6) is 0 Å². The van der Waals surface area contributed by atoms with E-state index in [1.165, 1.54) is 43.2 Å². The number of carbonyl (C=O) groups is 1. The quantitative estimate of drug-likeness (QED) is 0.449. The van der Waals surface area contributed by atoms with Gasteiger partial charge in [0.25, 0.3) is 5.69 Å². The van der Waals surface area contributed by atoms with Crippen molar-refractivity contribution in [3.8, 4) is 0 Å². The SMILES string of the molecule is CC(Sc1ccc([N+](=O)[O-])cc1)C(=O)N1CCC(C)C2CCCCC21. The Hall–Kier alpha value is -1.56. The van der Waals surface area contributed by atoms with E-state index in [0.717, 1.165) is 24.3 Å². The Morgan fingerprint density at radius 2 is 1.92 bits per heavy atom. The Labute approximate surface area is 153 Å². The third kappa shape index (κ3) is 4.00. The van der Waals surface area contributed by atoms with Gasteiger partial charge in [-0.1, -0.05) is 19.8 Å². The van der Waals surface area contributed by atoms with Gasteiger partial charge >= 0.3 is 0 Å². The van der Waals surface area contributed by atoms with Gasteiger partial charge in [-0.2, -0.15) is 0 Å². The first kappa shape index (κ1) is 18.2. The van der Waals surface area contributed by atoms with Gasteiger partial charge in [0.2, 0.25) is 5.91 Å². The summed E-state index contributed by atoms with van der Waals surface area (Å²) in [6.45, 7) is 5.15. The minimum atomic E-state index is -0.402. The lowest BCUT2D eigenvalue weighted by Crippen LogP contribution is -2.54. The van der Waals surface area contributed by atoms with Crippen LogP contribution in [-0.4, -0.2) is 33.6 Å². The van der Waals surface area contributed by atoms with E-state index in [0.29, 0.717) is 17.9 Å². The Morgan fingerprint density at radius 1 is 1.24 bits per heavy atom. The molecule has 0 bridgehead atoms. The highest BCUT2D eigenvalue weighted by Gasteiger charge is 2.40. The molecule has 1 aliphatic heterocycles. The lowest BCUT2D eigenvalue weighted by Gasteiger charge is -2.48. The summed E-state index contributed by atoms with van der Waals surface area (Å²) in [5.41, 5.74) is 0.0818. The summed E-state index contributed by atoms with van der Waals surface area (Å²) in [4.78, 5) is 26.4. The van der Waals surface area contributed by atoms with Gasteiger partial charge in [-0.15, -0.1) is 11.8 Å². The first-order valence-corrected chi connectivity index (χ1v) is 10.1. The van der Waals surface area contributed by atoms with Gasteiger partial charge in [0.15, 0.2) is 0 Å². The van der Waals surface area contributed by atoms with Gasteiger partial charge in [-0.3, -0.25) is 14.9 Å². The molecule has 136 valence electrons. The van der Waals surface area contributed by atoms with Crippen molar-refractivity contribution in [1.82, 2.24) is 4.90 Å². The van der Waals surface area contributed by atoms with Gasteiger partial charge in [-0.25, -0.2) is 0 Å². The van der Waals surface area contributed by atoms with Crippen molar-refractivity contribution in [2.75, 3.05) is 6.54 Å². The Balaban J connectivity index is 1.66. The predicted octanol–water partition coefficient (Wildman–Crippen LogP) is 4.50. The third-order valence-corrected chi connectivity index (χ3v) is 6.83. The molecule has 0 spiro atoms. The van der Waals surface area contributed by atoms with Crippen LogP contribution in [0.15, 0.2) is 29.2 Å². The minimum absolute atomic E-state index is 0.0818. The average Bonchev–Trinajstić information content (AvgIpc) is 2.62. The number of nitro groups is 1. The molecule has 4 atom stereocenters. The normalized spacial score (nSPS) is 27.4. The number of carbonyl (C=O) groups excluding carboxylic acids is 1. The van der Waals surface area contributed by atoms with Crippen molar-refractivity contribution in [2.24, 2.45) is 11.8 Å². The number of nitro benzene ring substituents is 1. The van der Waals surface area contributed by atoms with Crippen LogP contribution in [0.1, 0.15) is 46.0 Å². The van der Waals surface area contributed by atoms with Crippen LogP contribution >= 0.6 is 11.8 Å². The molecule has 0 N–H and O–H groups in total. The lowest BCUT2D eigenvalue weighted by atomic mass is 9.72. The molecule has 1 aromatic rings. The highest BCUT2D eigenvalue weighted by molar-refractivity contribution is 8.00. The number of amides is 1. The zero-order valence-corrected chi connectivity index (χ0v) is 15.7. The number of fused-ring (bicyclic) bond motifs is 1. The van der Waals surface area contributed by atoms with E-state index in [4.69, 9.17) is 0 Å². The maximum Gasteiger partial charge on any atom is 0.269 e. The van der Waals surface area contributed by atoms with Crippen LogP contribution in [0.2, 0.25) is 0 Å². The lowest BCUT2D eigenvalue weighted by molar-refractivity contribution is -0.384. The zero-order valence-electron chi connectivity index (χ0n) is 14.9. The van der Waals surface area contributed by atoms with Gasteiger partial charge in [0, 0.05) is 29.6 Å². The van der Waals surface area contributed by atoms with Crippen molar-refractivity contribution < 1.29 is 9.72 Å². The maximum atomic E-state index is 13.0. The second-order valence-corrected chi connectivity index (χ2v) is 8.74. The fourth-order valence-corrected chi connectivity index (χ4v) is 5.26. The summed E-state index contributed by atoms with van der Waals surface area (Å²) in [6.07, 6.45) is 6.00. The highest BCUT2D eigenvalue weighted by atomic mass is 32.2. The summed E-state index contributed by atoms with van der Waals surface area (Å²) >= 11 is 1.49. The number of thioether (sulfide) groups is 1. The molecule has 0 radical (unpaired) electrons. The van der Waals surface area contributed by atoms with E-state index >= 15 is 0 Å². The summed E-state index contributed by atoms with van der Waals surface area (Å²) in [5.74, 6) is 1.59. The Morgan fingerprint density at radius 3 is 2.60 bits per heavy atom. The summed E-state index contributed by atoms with van der Waals surface area (Å²) in [6, 6.07) is 6.87. The van der Waals surface area contributed by atoms with Crippen molar-refractivity contribution in [3.63, 3.8) is 0 Å². The molecule has 1 aliphatic carbocycles. The van der Waals surface area contributed by atoms with E-state index in [-0.39, 0.29) is 16.8 Å². The molecule has 0 aromatic heterocycles. The third-order valence-electron chi connectivity index (χ3n) is 5.73.